The number of carbonyl (C=O) groups excluding carboxylic acids is 1. The monoisotopic (exact) mass is 309 g/mol. The molecule has 2 rings (SSSR count). The number of allylic oxidation sites excluding steroid dienone is 2. The van der Waals surface area contributed by atoms with Gasteiger partial charge in [0.05, 0.1) is 13.7 Å². The quantitative estimate of drug-likeness (QED) is 0.290. The van der Waals surface area contributed by atoms with E-state index in [9.17, 15) is 4.79 Å². The molecule has 0 aromatic rings. The van der Waals surface area contributed by atoms with Gasteiger partial charge in [0.15, 0.2) is 0 Å². The van der Waals surface area contributed by atoms with Gasteiger partial charge in [0.25, 0.3) is 0 Å². The highest BCUT2D eigenvalue weighted by Gasteiger charge is 2.46. The fourth-order valence-corrected chi connectivity index (χ4v) is 4.03. The lowest BCUT2D eigenvalue weighted by molar-refractivity contribution is -0.140. The van der Waals surface area contributed by atoms with Crippen molar-refractivity contribution < 1.29 is 14.4 Å². The third-order valence-electron chi connectivity index (χ3n) is 5.17. The van der Waals surface area contributed by atoms with Crippen molar-refractivity contribution in [2.45, 2.75) is 64.3 Å². The molecule has 4 heteroatoms. The molecule has 2 fully saturated rings. The Morgan fingerprint density at radius 1 is 1.27 bits per heavy atom. The van der Waals surface area contributed by atoms with Crippen LogP contribution in [-0.2, 0) is 14.4 Å². The molecular weight excluding hydrogens is 278 g/mol. The number of unbranched alkanes of at least 4 members (excludes halogenated alkanes) is 1. The summed E-state index contributed by atoms with van der Waals surface area (Å²) in [6.45, 7) is 2.93. The maximum atomic E-state index is 11.0. The third-order valence-corrected chi connectivity index (χ3v) is 5.17. The van der Waals surface area contributed by atoms with Crippen LogP contribution < -0.4 is 5.48 Å². The van der Waals surface area contributed by atoms with Gasteiger partial charge in [-0.1, -0.05) is 19.1 Å². The maximum Gasteiger partial charge on any atom is 0.305 e. The van der Waals surface area contributed by atoms with Crippen molar-refractivity contribution in [1.29, 1.82) is 0 Å². The Hall–Kier alpha value is -0.870. The number of hydrogen-bond donors (Lipinski definition) is 1. The lowest BCUT2D eigenvalue weighted by atomic mass is 9.82. The summed E-state index contributed by atoms with van der Waals surface area (Å²) in [7, 11) is 1.45. The number of hydrogen-bond acceptors (Lipinski definition) is 4. The van der Waals surface area contributed by atoms with Crippen LogP contribution in [0.5, 0.6) is 0 Å². The lowest BCUT2D eigenvalue weighted by Gasteiger charge is -2.30. The molecular formula is C18H31NO3. The molecule has 1 unspecified atom stereocenters. The molecule has 126 valence electrons. The third kappa shape index (κ3) is 4.82. The minimum Gasteiger partial charge on any atom is -0.469 e. The lowest BCUT2D eigenvalue weighted by Crippen LogP contribution is -2.40. The summed E-state index contributed by atoms with van der Waals surface area (Å²) in [6, 6.07) is 0.532. The average Bonchev–Trinajstić information content (AvgIpc) is 3.12. The van der Waals surface area contributed by atoms with E-state index >= 15 is 0 Å². The Balaban J connectivity index is 1.69. The number of ether oxygens (including phenoxy) is 1. The minimum absolute atomic E-state index is 0.112. The zero-order chi connectivity index (χ0) is 15.8. The predicted octanol–water partition coefficient (Wildman–Crippen LogP) is 3.62. The molecule has 2 aliphatic rings. The van der Waals surface area contributed by atoms with Gasteiger partial charge in [-0.2, -0.15) is 5.48 Å². The molecule has 4 nitrogen and oxygen atoms in total. The van der Waals surface area contributed by atoms with E-state index in [1.807, 2.05) is 0 Å². The molecule has 2 aliphatic carbocycles. The molecule has 4 atom stereocenters. The van der Waals surface area contributed by atoms with E-state index < -0.39 is 0 Å². The number of carbonyl (C=O) groups is 1. The number of methoxy groups -OCH3 is 1. The average molecular weight is 309 g/mol. The number of hydroxylamine groups is 1. The van der Waals surface area contributed by atoms with E-state index in [1.54, 1.807) is 0 Å². The van der Waals surface area contributed by atoms with Gasteiger partial charge in [0.2, 0.25) is 0 Å². The summed E-state index contributed by atoms with van der Waals surface area (Å²) in [4.78, 5) is 16.6. The van der Waals surface area contributed by atoms with Crippen LogP contribution in [0.25, 0.3) is 0 Å². The Morgan fingerprint density at radius 2 is 2.09 bits per heavy atom. The second kappa shape index (κ2) is 9.31. The first-order valence-electron chi connectivity index (χ1n) is 8.85. The number of esters is 1. The topological polar surface area (TPSA) is 47.6 Å². The van der Waals surface area contributed by atoms with Gasteiger partial charge < -0.3 is 9.57 Å². The number of nitrogens with one attached hydrogen (secondary N) is 1. The summed E-state index contributed by atoms with van der Waals surface area (Å²) in [6.07, 6.45) is 13.2. The summed E-state index contributed by atoms with van der Waals surface area (Å²) < 4.78 is 4.65. The van der Waals surface area contributed by atoms with Crippen LogP contribution in [0.4, 0.5) is 0 Å². The van der Waals surface area contributed by atoms with Crippen LogP contribution in [-0.4, -0.2) is 25.7 Å². The molecule has 0 aromatic carbocycles. The SMILES string of the molecule is CCCONC1[C@@H]2CC[C@@H](C2)[C@@H]1C/C=C\CCCC(=O)OC. The summed E-state index contributed by atoms with van der Waals surface area (Å²) in [5, 5.41) is 0. The van der Waals surface area contributed by atoms with E-state index in [0.29, 0.717) is 18.4 Å². The zero-order valence-corrected chi connectivity index (χ0v) is 14.1. The second-order valence-electron chi connectivity index (χ2n) is 6.66. The van der Waals surface area contributed by atoms with Crippen LogP contribution in [0.15, 0.2) is 12.2 Å². The zero-order valence-electron chi connectivity index (χ0n) is 14.1. The van der Waals surface area contributed by atoms with Crippen molar-refractivity contribution in [3.63, 3.8) is 0 Å². The number of rotatable bonds is 10. The minimum atomic E-state index is -0.112. The summed E-state index contributed by atoms with van der Waals surface area (Å²) in [5.74, 6) is 2.28. The molecule has 0 aliphatic heterocycles. The van der Waals surface area contributed by atoms with Gasteiger partial charge in [-0.05, 0) is 62.7 Å². The Kier molecular flexibility index (Phi) is 7.40. The number of fused-ring (bicyclic) bond motifs is 2. The molecule has 0 amide bonds. The van der Waals surface area contributed by atoms with Crippen LogP contribution >= 0.6 is 0 Å². The highest BCUT2D eigenvalue weighted by Crippen LogP contribution is 2.49. The van der Waals surface area contributed by atoms with E-state index in [0.717, 1.165) is 44.1 Å². The molecule has 2 bridgehead atoms. The van der Waals surface area contributed by atoms with Crippen molar-refractivity contribution in [2.24, 2.45) is 17.8 Å². The molecule has 1 N–H and O–H groups in total. The largest absolute Gasteiger partial charge is 0.469 e. The first-order valence-corrected chi connectivity index (χ1v) is 8.85. The van der Waals surface area contributed by atoms with Crippen LogP contribution in [0.3, 0.4) is 0 Å². The summed E-state index contributed by atoms with van der Waals surface area (Å²) >= 11 is 0. The predicted molar refractivity (Wildman–Crippen MR) is 87.1 cm³/mol. The Bertz CT molecular complexity index is 369. The molecule has 0 heterocycles. The van der Waals surface area contributed by atoms with E-state index in [4.69, 9.17) is 4.84 Å². The van der Waals surface area contributed by atoms with Gasteiger partial charge in [-0.15, -0.1) is 0 Å². The second-order valence-corrected chi connectivity index (χ2v) is 6.66. The van der Waals surface area contributed by atoms with Gasteiger partial charge in [0.1, 0.15) is 0 Å². The summed E-state index contributed by atoms with van der Waals surface area (Å²) in [5.41, 5.74) is 3.34. The standard InChI is InChI=1S/C18H31NO3/c1-3-12-22-19-18-15-11-10-14(13-15)16(18)8-6-4-5-7-9-17(20)21-2/h4,6,14-16,18-19H,3,5,7-13H2,1-2H3/b6-4-/t14-,15+,16-,18?/m0/s1. The van der Waals surface area contributed by atoms with Crippen LogP contribution in [0.2, 0.25) is 0 Å². The van der Waals surface area contributed by atoms with E-state index in [1.165, 1.54) is 26.4 Å². The Morgan fingerprint density at radius 3 is 2.86 bits per heavy atom. The maximum absolute atomic E-state index is 11.0. The van der Waals surface area contributed by atoms with Crippen LogP contribution in [0, 0.1) is 17.8 Å². The van der Waals surface area contributed by atoms with Crippen LogP contribution in [0.1, 0.15) is 58.3 Å². The molecule has 0 saturated heterocycles. The van der Waals surface area contributed by atoms with Gasteiger partial charge >= 0.3 is 5.97 Å². The molecule has 0 spiro atoms. The first-order chi connectivity index (χ1) is 10.8. The van der Waals surface area contributed by atoms with E-state index in [2.05, 4.69) is 29.3 Å². The molecule has 0 aromatic heterocycles. The highest BCUT2D eigenvalue weighted by atomic mass is 16.6. The van der Waals surface area contributed by atoms with Crippen molar-refractivity contribution in [3.05, 3.63) is 12.2 Å². The molecule has 2 saturated carbocycles. The van der Waals surface area contributed by atoms with Gasteiger partial charge in [-0.25, -0.2) is 0 Å². The Labute approximate surface area is 134 Å². The van der Waals surface area contributed by atoms with Crippen molar-refractivity contribution >= 4 is 5.97 Å². The fourth-order valence-electron chi connectivity index (χ4n) is 4.03. The highest BCUT2D eigenvalue weighted by molar-refractivity contribution is 5.68. The van der Waals surface area contributed by atoms with Crippen molar-refractivity contribution in [1.82, 2.24) is 5.48 Å². The molecule has 22 heavy (non-hydrogen) atoms. The first kappa shape index (κ1) is 17.5. The smallest absolute Gasteiger partial charge is 0.305 e. The van der Waals surface area contributed by atoms with Crippen molar-refractivity contribution in [3.8, 4) is 0 Å². The van der Waals surface area contributed by atoms with Gasteiger partial charge in [-0.3, -0.25) is 4.79 Å². The molecule has 0 radical (unpaired) electrons. The van der Waals surface area contributed by atoms with Gasteiger partial charge in [0, 0.05) is 12.5 Å². The fraction of sp³-hybridized carbons (Fsp3) is 0.833. The van der Waals surface area contributed by atoms with Crippen molar-refractivity contribution in [2.75, 3.05) is 13.7 Å². The van der Waals surface area contributed by atoms with E-state index in [-0.39, 0.29) is 5.97 Å². The normalized spacial score (nSPS) is 30.3.